The molecule has 0 aliphatic carbocycles. The summed E-state index contributed by atoms with van der Waals surface area (Å²) in [5.41, 5.74) is 20.7. The third kappa shape index (κ3) is 6.55. The predicted molar refractivity (Wildman–Crippen MR) is 131 cm³/mol. The van der Waals surface area contributed by atoms with E-state index in [9.17, 15) is 33.2 Å². The van der Waals surface area contributed by atoms with Crippen molar-refractivity contribution in [2.24, 2.45) is 20.5 Å². The molecule has 0 atom stereocenters. The van der Waals surface area contributed by atoms with Crippen LogP contribution in [0.3, 0.4) is 0 Å². The maximum Gasteiger partial charge on any atom is 1.00 e. The molecule has 0 bridgehead atoms. The average molecular weight is 552 g/mol. The summed E-state index contributed by atoms with van der Waals surface area (Å²) in [6.45, 7) is 1.44. The van der Waals surface area contributed by atoms with E-state index in [-0.39, 0.29) is 80.6 Å². The molecule has 3 aromatic rings. The number of hydrogen-bond donors (Lipinski definition) is 4. The van der Waals surface area contributed by atoms with Crippen molar-refractivity contribution in [2.45, 2.75) is 11.8 Å². The third-order valence-electron chi connectivity index (χ3n) is 4.89. The minimum Gasteiger partial charge on any atom is -0.744 e. The molecule has 3 rings (SSSR count). The number of hydrogen-bond acceptors (Lipinski definition) is 15. The van der Waals surface area contributed by atoms with E-state index in [2.05, 4.69) is 20.5 Å². The number of nitrogens with zero attached hydrogens (tertiary/aromatic N) is 6. The van der Waals surface area contributed by atoms with Gasteiger partial charge in [0.1, 0.15) is 32.9 Å². The minimum atomic E-state index is -5.01. The van der Waals surface area contributed by atoms with Gasteiger partial charge in [-0.1, -0.05) is 0 Å². The molecule has 0 aromatic heterocycles. The quantitative estimate of drug-likeness (QED) is 0.0795. The normalized spacial score (nSPS) is 11.5. The number of benzene rings is 3. The average Bonchev–Trinajstić information content (AvgIpc) is 2.78. The number of anilines is 4. The summed E-state index contributed by atoms with van der Waals surface area (Å²) in [7, 11) is -5.01. The van der Waals surface area contributed by atoms with E-state index < -0.39 is 36.2 Å². The van der Waals surface area contributed by atoms with Crippen LogP contribution in [0, 0.1) is 27.2 Å². The molecule has 0 aliphatic heterocycles. The van der Waals surface area contributed by atoms with Crippen LogP contribution in [0.2, 0.25) is 0 Å². The van der Waals surface area contributed by atoms with E-state index in [0.29, 0.717) is 0 Å². The summed E-state index contributed by atoms with van der Waals surface area (Å²) in [5, 5.41) is 37.7. The van der Waals surface area contributed by atoms with Crippen molar-refractivity contribution in [2.75, 3.05) is 22.9 Å². The fraction of sp³-hybridized carbons (Fsp3) is 0.0526. The van der Waals surface area contributed by atoms with Crippen LogP contribution < -0.4 is 52.5 Å². The number of rotatable bonds is 7. The van der Waals surface area contributed by atoms with Gasteiger partial charge in [-0.25, -0.2) is 8.42 Å². The predicted octanol–water partition coefficient (Wildman–Crippen LogP) is 0.879. The molecular formula is C19H17N10NaO7S. The van der Waals surface area contributed by atoms with Crippen molar-refractivity contribution in [3.63, 3.8) is 0 Å². The smallest absolute Gasteiger partial charge is 0.744 e. The fourth-order valence-electron chi connectivity index (χ4n) is 2.94. The molecular weight excluding hydrogens is 535 g/mol. The van der Waals surface area contributed by atoms with Gasteiger partial charge in [-0.15, -0.1) is 10.2 Å². The van der Waals surface area contributed by atoms with Gasteiger partial charge in [0, 0.05) is 17.7 Å². The molecule has 38 heavy (non-hydrogen) atoms. The van der Waals surface area contributed by atoms with Gasteiger partial charge in [0.2, 0.25) is 0 Å². The Labute approximate surface area is 236 Å². The molecule has 0 fully saturated rings. The van der Waals surface area contributed by atoms with Crippen molar-refractivity contribution in [3.05, 3.63) is 62.2 Å². The zero-order chi connectivity index (χ0) is 27.7. The first-order valence-electron chi connectivity index (χ1n) is 9.79. The SMILES string of the molecule is Cc1c(N=Nc2cc([N+](=O)[O-])c(N)cc2N)cc(S(=O)(=O)[O-])cc1N=Nc1cc([N+](=O)[O-])c(N)cc1N.[Na+]. The Morgan fingerprint density at radius 2 is 1.00 bits per heavy atom. The van der Waals surface area contributed by atoms with E-state index in [1.807, 2.05) is 0 Å². The first kappa shape index (κ1) is 30.0. The number of nitrogen functional groups attached to an aromatic ring is 4. The molecule has 3 aromatic carbocycles. The fourth-order valence-corrected chi connectivity index (χ4v) is 3.45. The molecule has 17 nitrogen and oxygen atoms in total. The Bertz CT molecular complexity index is 1530. The van der Waals surface area contributed by atoms with Gasteiger partial charge >= 0.3 is 29.6 Å². The summed E-state index contributed by atoms with van der Waals surface area (Å²) in [5.74, 6) is 0. The molecule has 19 heteroatoms. The zero-order valence-electron chi connectivity index (χ0n) is 19.7. The Hall–Kier alpha value is -4.23. The summed E-state index contributed by atoms with van der Waals surface area (Å²) < 4.78 is 35.1. The molecule has 0 spiro atoms. The molecule has 0 saturated carbocycles. The number of nitro benzene ring substituents is 2. The molecule has 0 aliphatic rings. The maximum atomic E-state index is 11.7. The van der Waals surface area contributed by atoms with Crippen LogP contribution in [0.5, 0.6) is 0 Å². The second-order valence-electron chi connectivity index (χ2n) is 7.39. The molecule has 0 radical (unpaired) electrons. The van der Waals surface area contributed by atoms with Crippen molar-refractivity contribution in [1.29, 1.82) is 0 Å². The van der Waals surface area contributed by atoms with Gasteiger partial charge < -0.3 is 27.5 Å². The van der Waals surface area contributed by atoms with Crippen LogP contribution in [0.25, 0.3) is 0 Å². The molecule has 0 unspecified atom stereocenters. The van der Waals surface area contributed by atoms with E-state index in [4.69, 9.17) is 22.9 Å². The number of azo groups is 2. The van der Waals surface area contributed by atoms with E-state index in [0.717, 1.165) is 36.4 Å². The van der Waals surface area contributed by atoms with Crippen molar-refractivity contribution >= 4 is 67.0 Å². The van der Waals surface area contributed by atoms with Gasteiger partial charge in [-0.2, -0.15) is 10.2 Å². The number of nitrogens with two attached hydrogens (primary N) is 4. The van der Waals surface area contributed by atoms with E-state index in [1.54, 1.807) is 0 Å². The summed E-state index contributed by atoms with van der Waals surface area (Å²) in [6, 6.07) is 5.96. The van der Waals surface area contributed by atoms with Crippen LogP contribution in [0.4, 0.5) is 56.9 Å². The first-order valence-corrected chi connectivity index (χ1v) is 11.2. The Morgan fingerprint density at radius 1 is 0.658 bits per heavy atom. The minimum absolute atomic E-state index is 0. The largest absolute Gasteiger partial charge is 1.00 e. The molecule has 192 valence electrons. The second-order valence-corrected chi connectivity index (χ2v) is 8.77. The summed E-state index contributed by atoms with van der Waals surface area (Å²) >= 11 is 0. The van der Waals surface area contributed by atoms with Gasteiger partial charge in [0.05, 0.1) is 37.5 Å². The topological polar surface area (TPSA) is 297 Å². The Morgan fingerprint density at radius 3 is 1.32 bits per heavy atom. The standard InChI is InChI=1S/C19H18N10O7S.Na/c1-8-14(24-26-16-6-18(28(30)31)12(22)4-10(16)20)2-9(37(34,35)36)3-15(8)25-27-17-7-19(29(32)33)13(23)5-11(17)21;/h2-7H,20-23H2,1H3,(H,34,35,36);/q;+1/p-1. The van der Waals surface area contributed by atoms with Gasteiger partial charge in [-0.3, -0.25) is 20.2 Å². The van der Waals surface area contributed by atoms with Gasteiger partial charge in [-0.05, 0) is 31.2 Å². The van der Waals surface area contributed by atoms with Crippen molar-refractivity contribution in [1.82, 2.24) is 0 Å². The number of nitro groups is 2. The van der Waals surface area contributed by atoms with Gasteiger partial charge in [0.25, 0.3) is 11.4 Å². The van der Waals surface area contributed by atoms with Crippen LogP contribution in [0.15, 0.2) is 61.8 Å². The summed E-state index contributed by atoms with van der Waals surface area (Å²) in [6.07, 6.45) is 0. The monoisotopic (exact) mass is 552 g/mol. The maximum absolute atomic E-state index is 11.7. The first-order chi connectivity index (χ1) is 17.2. The molecule has 0 heterocycles. The van der Waals surface area contributed by atoms with Crippen LogP contribution in [-0.2, 0) is 10.1 Å². The van der Waals surface area contributed by atoms with Crippen LogP contribution in [0.1, 0.15) is 5.56 Å². The Kier molecular flexibility index (Phi) is 9.03. The van der Waals surface area contributed by atoms with Crippen LogP contribution in [-0.4, -0.2) is 22.8 Å². The Balaban J connectivity index is 0.00000507. The van der Waals surface area contributed by atoms with Crippen LogP contribution >= 0.6 is 0 Å². The molecule has 8 N–H and O–H groups in total. The van der Waals surface area contributed by atoms with E-state index >= 15 is 0 Å². The second kappa shape index (κ2) is 11.4. The molecule has 0 saturated heterocycles. The van der Waals surface area contributed by atoms with Gasteiger partial charge in [0.15, 0.2) is 0 Å². The molecule has 0 amide bonds. The van der Waals surface area contributed by atoms with Crippen molar-refractivity contribution < 1.29 is 52.4 Å². The van der Waals surface area contributed by atoms with Crippen molar-refractivity contribution in [3.8, 4) is 0 Å². The summed E-state index contributed by atoms with van der Waals surface area (Å²) in [4.78, 5) is 20.0. The van der Waals surface area contributed by atoms with E-state index in [1.165, 1.54) is 6.92 Å². The zero-order valence-corrected chi connectivity index (χ0v) is 22.5. The third-order valence-corrected chi connectivity index (χ3v) is 5.70.